The van der Waals surface area contributed by atoms with Crippen LogP contribution in [0.3, 0.4) is 0 Å². The van der Waals surface area contributed by atoms with Crippen LogP contribution in [0.5, 0.6) is 0 Å². The van der Waals surface area contributed by atoms with Crippen LogP contribution in [-0.4, -0.2) is 22.4 Å². The lowest BCUT2D eigenvalue weighted by molar-refractivity contribution is -0.246. The minimum Gasteiger partial charge on any atom is -0.465 e. The maximum atomic E-state index is 10.0. The van der Waals surface area contributed by atoms with Gasteiger partial charge in [-0.15, -0.1) is 0 Å². The SMILES string of the molecule is CC(C)(C)C1C(C)(C)C(O)C1(C)C.NC(=O)O. The molecule has 17 heavy (non-hydrogen) atoms. The maximum absolute atomic E-state index is 10.0. The fourth-order valence-corrected chi connectivity index (χ4v) is 4.37. The van der Waals surface area contributed by atoms with Crippen molar-refractivity contribution in [1.29, 1.82) is 0 Å². The first-order chi connectivity index (χ1) is 7.25. The third kappa shape index (κ3) is 3.12. The fraction of sp³-hybridized carbons (Fsp3) is 0.923. The number of nitrogens with two attached hydrogens (primary N) is 1. The van der Waals surface area contributed by atoms with E-state index in [2.05, 4.69) is 54.2 Å². The Kier molecular flexibility index (Phi) is 4.28. The summed E-state index contributed by atoms with van der Waals surface area (Å²) >= 11 is 0. The van der Waals surface area contributed by atoms with E-state index in [1.807, 2.05) is 0 Å². The molecule has 0 aromatic carbocycles. The molecule has 1 amide bonds. The highest BCUT2D eigenvalue weighted by Crippen LogP contribution is 2.64. The quantitative estimate of drug-likeness (QED) is 0.613. The highest BCUT2D eigenvalue weighted by molar-refractivity contribution is 5.61. The van der Waals surface area contributed by atoms with Crippen molar-refractivity contribution in [2.45, 2.75) is 54.6 Å². The van der Waals surface area contributed by atoms with Crippen molar-refractivity contribution in [1.82, 2.24) is 0 Å². The molecule has 0 saturated heterocycles. The van der Waals surface area contributed by atoms with Gasteiger partial charge in [-0.1, -0.05) is 48.5 Å². The van der Waals surface area contributed by atoms with Crippen LogP contribution in [-0.2, 0) is 0 Å². The molecular weight excluding hydrogens is 218 g/mol. The van der Waals surface area contributed by atoms with E-state index < -0.39 is 6.09 Å². The Hall–Kier alpha value is -0.770. The molecule has 0 heterocycles. The molecule has 0 bridgehead atoms. The Balaban J connectivity index is 0.000000557. The lowest BCUT2D eigenvalue weighted by atomic mass is 9.40. The second-order valence-electron chi connectivity index (χ2n) is 7.18. The smallest absolute Gasteiger partial charge is 0.402 e. The molecule has 1 fully saturated rings. The van der Waals surface area contributed by atoms with Gasteiger partial charge in [0.05, 0.1) is 6.10 Å². The summed E-state index contributed by atoms with van der Waals surface area (Å²) in [6.45, 7) is 15.5. The van der Waals surface area contributed by atoms with E-state index in [0.717, 1.165) is 0 Å². The van der Waals surface area contributed by atoms with Crippen LogP contribution in [0, 0.1) is 22.2 Å². The van der Waals surface area contributed by atoms with E-state index in [1.54, 1.807) is 0 Å². The van der Waals surface area contributed by atoms with E-state index in [-0.39, 0.29) is 22.3 Å². The van der Waals surface area contributed by atoms with Gasteiger partial charge in [0, 0.05) is 0 Å². The molecule has 1 aliphatic carbocycles. The molecule has 4 heteroatoms. The van der Waals surface area contributed by atoms with E-state index in [0.29, 0.717) is 5.92 Å². The molecule has 1 saturated carbocycles. The summed E-state index contributed by atoms with van der Waals surface area (Å²) in [4.78, 5) is 8.78. The maximum Gasteiger partial charge on any atom is 0.402 e. The summed E-state index contributed by atoms with van der Waals surface area (Å²) in [6.07, 6.45) is -1.50. The molecule has 102 valence electrons. The monoisotopic (exact) mass is 245 g/mol. The van der Waals surface area contributed by atoms with Crippen LogP contribution in [0.2, 0.25) is 0 Å². The summed E-state index contributed by atoms with van der Waals surface area (Å²) < 4.78 is 0. The predicted octanol–water partition coefficient (Wildman–Crippen LogP) is 2.70. The zero-order valence-electron chi connectivity index (χ0n) is 12.0. The lowest BCUT2D eigenvalue weighted by Gasteiger charge is -2.66. The van der Waals surface area contributed by atoms with Crippen LogP contribution in [0.1, 0.15) is 48.5 Å². The highest BCUT2D eigenvalue weighted by Gasteiger charge is 2.64. The van der Waals surface area contributed by atoms with Gasteiger partial charge in [-0.25, -0.2) is 4.79 Å². The van der Waals surface area contributed by atoms with Gasteiger partial charge >= 0.3 is 6.09 Å². The van der Waals surface area contributed by atoms with Gasteiger partial charge in [0.2, 0.25) is 0 Å². The first-order valence-corrected chi connectivity index (χ1v) is 5.92. The average Bonchev–Trinajstić information content (AvgIpc) is 1.97. The van der Waals surface area contributed by atoms with E-state index >= 15 is 0 Å². The largest absolute Gasteiger partial charge is 0.465 e. The van der Waals surface area contributed by atoms with Crippen LogP contribution in [0.25, 0.3) is 0 Å². The molecule has 1 aliphatic rings. The standard InChI is InChI=1S/C12H24O.CH3NO2/c1-10(2,3)8-11(4,5)9(13)12(8,6)7;2-1(3)4/h8-9,13H,1-7H3;2H2,(H,3,4). The zero-order valence-corrected chi connectivity index (χ0v) is 12.0. The molecule has 0 atom stereocenters. The number of rotatable bonds is 0. The van der Waals surface area contributed by atoms with Crippen LogP contribution in [0.4, 0.5) is 4.79 Å². The number of aliphatic hydroxyl groups is 1. The van der Waals surface area contributed by atoms with Crippen molar-refractivity contribution in [3.63, 3.8) is 0 Å². The van der Waals surface area contributed by atoms with E-state index in [1.165, 1.54) is 0 Å². The number of carbonyl (C=O) groups is 1. The molecule has 0 unspecified atom stereocenters. The number of hydrogen-bond acceptors (Lipinski definition) is 2. The van der Waals surface area contributed by atoms with Crippen molar-refractivity contribution >= 4 is 6.09 Å². The lowest BCUT2D eigenvalue weighted by Crippen LogP contribution is -2.67. The minimum absolute atomic E-state index is 0.0712. The Morgan fingerprint density at radius 3 is 1.47 bits per heavy atom. The Labute approximate surface area is 104 Å². The Morgan fingerprint density at radius 2 is 1.35 bits per heavy atom. The Morgan fingerprint density at radius 1 is 1.12 bits per heavy atom. The van der Waals surface area contributed by atoms with E-state index in [9.17, 15) is 5.11 Å². The molecule has 1 rings (SSSR count). The zero-order chi connectivity index (χ0) is 14.2. The summed E-state index contributed by atoms with van der Waals surface area (Å²) in [7, 11) is 0. The molecular formula is C13H27NO3. The molecule has 0 spiro atoms. The number of aliphatic hydroxyl groups excluding tert-OH is 1. The van der Waals surface area contributed by atoms with Crippen LogP contribution in [0.15, 0.2) is 0 Å². The number of primary amides is 1. The van der Waals surface area contributed by atoms with Crippen LogP contribution >= 0.6 is 0 Å². The first-order valence-electron chi connectivity index (χ1n) is 5.92. The summed E-state index contributed by atoms with van der Waals surface area (Å²) in [5.74, 6) is 0.586. The van der Waals surface area contributed by atoms with Gasteiger partial charge in [0.15, 0.2) is 0 Å². The first kappa shape index (κ1) is 16.2. The second kappa shape index (κ2) is 4.48. The summed E-state index contributed by atoms with van der Waals surface area (Å²) in [5.41, 5.74) is 4.45. The third-order valence-corrected chi connectivity index (χ3v) is 3.76. The van der Waals surface area contributed by atoms with Gasteiger partial charge in [-0.2, -0.15) is 0 Å². The number of amides is 1. The molecule has 0 radical (unpaired) electrons. The highest BCUT2D eigenvalue weighted by atomic mass is 16.4. The molecule has 0 aromatic rings. The van der Waals surface area contributed by atoms with Gasteiger partial charge in [-0.05, 0) is 22.2 Å². The molecule has 0 aliphatic heterocycles. The van der Waals surface area contributed by atoms with Gasteiger partial charge < -0.3 is 15.9 Å². The molecule has 4 N–H and O–H groups in total. The second-order valence-corrected chi connectivity index (χ2v) is 7.18. The normalized spacial score (nSPS) is 29.6. The summed E-state index contributed by atoms with van der Waals surface area (Å²) in [5, 5.41) is 17.2. The van der Waals surface area contributed by atoms with Crippen molar-refractivity contribution < 1.29 is 15.0 Å². The number of carboxylic acid groups (broad SMARTS) is 1. The molecule has 4 nitrogen and oxygen atoms in total. The molecule has 0 aromatic heterocycles. The predicted molar refractivity (Wildman–Crippen MR) is 68.7 cm³/mol. The van der Waals surface area contributed by atoms with Gasteiger partial charge in [0.25, 0.3) is 0 Å². The average molecular weight is 245 g/mol. The van der Waals surface area contributed by atoms with Crippen molar-refractivity contribution in [3.8, 4) is 0 Å². The Bertz CT molecular complexity index is 270. The van der Waals surface area contributed by atoms with Crippen LogP contribution < -0.4 is 5.73 Å². The number of hydrogen-bond donors (Lipinski definition) is 3. The third-order valence-electron chi connectivity index (χ3n) is 3.76. The summed E-state index contributed by atoms with van der Waals surface area (Å²) in [6, 6.07) is 0. The van der Waals surface area contributed by atoms with Gasteiger partial charge in [0.1, 0.15) is 0 Å². The van der Waals surface area contributed by atoms with Crippen molar-refractivity contribution in [3.05, 3.63) is 0 Å². The van der Waals surface area contributed by atoms with Crippen molar-refractivity contribution in [2.75, 3.05) is 0 Å². The minimum atomic E-state index is -1.33. The van der Waals surface area contributed by atoms with Gasteiger partial charge in [-0.3, -0.25) is 0 Å². The van der Waals surface area contributed by atoms with Crippen molar-refractivity contribution in [2.24, 2.45) is 27.9 Å². The fourth-order valence-electron chi connectivity index (χ4n) is 4.37. The topological polar surface area (TPSA) is 83.5 Å². The van der Waals surface area contributed by atoms with E-state index in [4.69, 9.17) is 9.90 Å².